The first kappa shape index (κ1) is 23.7. The van der Waals surface area contributed by atoms with Crippen molar-refractivity contribution in [3.63, 3.8) is 0 Å². The average molecular weight is 561 g/mol. The molecule has 0 saturated carbocycles. The number of allylic oxidation sites excluding steroid dienone is 1. The van der Waals surface area contributed by atoms with Crippen LogP contribution in [0.5, 0.6) is 0 Å². The highest BCUT2D eigenvalue weighted by atomic mass is 79.9. The summed E-state index contributed by atoms with van der Waals surface area (Å²) in [6.07, 6.45) is 4.28. The molecular formula is C23H19BrClN5OS2. The fourth-order valence-corrected chi connectivity index (χ4v) is 5.17. The van der Waals surface area contributed by atoms with Crippen molar-refractivity contribution in [1.82, 2.24) is 19.7 Å². The summed E-state index contributed by atoms with van der Waals surface area (Å²) in [4.78, 5) is 17.9. The van der Waals surface area contributed by atoms with Crippen LogP contribution in [0, 0.1) is 0 Å². The Labute approximate surface area is 213 Å². The molecule has 4 aromatic rings. The molecule has 1 amide bonds. The van der Waals surface area contributed by atoms with Crippen molar-refractivity contribution < 1.29 is 4.79 Å². The number of thiazole rings is 1. The number of nitrogens with one attached hydrogen (secondary N) is 1. The van der Waals surface area contributed by atoms with Gasteiger partial charge in [-0.1, -0.05) is 69.6 Å². The molecule has 33 heavy (non-hydrogen) atoms. The van der Waals surface area contributed by atoms with Gasteiger partial charge in [0, 0.05) is 39.1 Å². The third-order valence-corrected chi connectivity index (χ3v) is 7.17. The normalized spacial score (nSPS) is 10.8. The second kappa shape index (κ2) is 11.1. The van der Waals surface area contributed by atoms with Crippen LogP contribution in [-0.4, -0.2) is 31.4 Å². The zero-order valence-corrected chi connectivity index (χ0v) is 21.3. The van der Waals surface area contributed by atoms with Crippen molar-refractivity contribution in [1.29, 1.82) is 0 Å². The van der Waals surface area contributed by atoms with Gasteiger partial charge in [-0.15, -0.1) is 28.1 Å². The molecule has 0 aliphatic rings. The molecule has 4 rings (SSSR count). The minimum Gasteiger partial charge on any atom is -0.301 e. The summed E-state index contributed by atoms with van der Waals surface area (Å²) in [7, 11) is 0. The largest absolute Gasteiger partial charge is 0.301 e. The van der Waals surface area contributed by atoms with Crippen LogP contribution in [0.25, 0.3) is 11.4 Å². The molecule has 0 saturated heterocycles. The molecule has 2 aromatic heterocycles. The fourth-order valence-electron chi connectivity index (χ4n) is 3.08. The van der Waals surface area contributed by atoms with Crippen molar-refractivity contribution in [3.05, 3.63) is 87.3 Å². The van der Waals surface area contributed by atoms with Crippen LogP contribution in [0.4, 0.5) is 5.13 Å². The molecule has 0 atom stereocenters. The monoisotopic (exact) mass is 559 g/mol. The highest BCUT2D eigenvalue weighted by Crippen LogP contribution is 2.26. The summed E-state index contributed by atoms with van der Waals surface area (Å²) in [5, 5.41) is 13.4. The molecule has 0 unspecified atom stereocenters. The lowest BCUT2D eigenvalue weighted by molar-refractivity contribution is -0.113. The maximum atomic E-state index is 12.5. The number of hydrogen-bond acceptors (Lipinski definition) is 6. The molecule has 0 spiro atoms. The summed E-state index contributed by atoms with van der Waals surface area (Å²) in [5.74, 6) is 0.775. The van der Waals surface area contributed by atoms with E-state index < -0.39 is 0 Å². The number of carbonyl (C=O) groups is 1. The summed E-state index contributed by atoms with van der Waals surface area (Å²) in [6.45, 7) is 4.37. The van der Waals surface area contributed by atoms with Gasteiger partial charge in [0.25, 0.3) is 0 Å². The van der Waals surface area contributed by atoms with Crippen LogP contribution < -0.4 is 5.32 Å². The number of amides is 1. The first-order valence-corrected chi connectivity index (χ1v) is 12.9. The third kappa shape index (κ3) is 6.32. The molecule has 0 aliphatic heterocycles. The fraction of sp³-hybridized carbons (Fsp3) is 0.130. The van der Waals surface area contributed by atoms with Gasteiger partial charge in [0.15, 0.2) is 16.1 Å². The van der Waals surface area contributed by atoms with Crippen molar-refractivity contribution in [2.24, 2.45) is 0 Å². The summed E-state index contributed by atoms with van der Waals surface area (Å²) < 4.78 is 2.94. The zero-order valence-electron chi connectivity index (χ0n) is 17.4. The Hall–Kier alpha value is -2.46. The Bertz CT molecular complexity index is 1270. The van der Waals surface area contributed by atoms with Gasteiger partial charge in [-0.2, -0.15) is 0 Å². The predicted molar refractivity (Wildman–Crippen MR) is 139 cm³/mol. The van der Waals surface area contributed by atoms with E-state index in [1.54, 1.807) is 12.3 Å². The lowest BCUT2D eigenvalue weighted by Crippen LogP contribution is -2.14. The van der Waals surface area contributed by atoms with Crippen LogP contribution in [0.3, 0.4) is 0 Å². The topological polar surface area (TPSA) is 72.7 Å². The van der Waals surface area contributed by atoms with E-state index in [1.165, 1.54) is 23.1 Å². The zero-order chi connectivity index (χ0) is 23.2. The first-order chi connectivity index (χ1) is 16.0. The number of thioether (sulfide) groups is 1. The number of rotatable bonds is 9. The number of halogens is 2. The molecule has 168 valence electrons. The number of carbonyl (C=O) groups excluding carboxylic acids is 1. The standard InChI is InChI=1S/C23H19BrClN5OS2/c1-2-10-30-21(16-6-8-17(24)9-7-16)28-29-23(30)32-14-20(31)27-22-26-13-19(33-22)12-15-4-3-5-18(25)11-15/h2-9,11,13H,1,10,12,14H2,(H,26,27,31). The number of nitrogens with zero attached hydrogens (tertiary/aromatic N) is 4. The third-order valence-electron chi connectivity index (χ3n) is 4.53. The van der Waals surface area contributed by atoms with Crippen molar-refractivity contribution >= 4 is 61.7 Å². The van der Waals surface area contributed by atoms with Gasteiger partial charge in [-0.25, -0.2) is 4.98 Å². The molecule has 0 aliphatic carbocycles. The summed E-state index contributed by atoms with van der Waals surface area (Å²) in [5.41, 5.74) is 2.04. The number of benzene rings is 2. The molecule has 1 N–H and O–H groups in total. The highest BCUT2D eigenvalue weighted by molar-refractivity contribution is 9.10. The second-order valence-corrected chi connectivity index (χ2v) is 10.4. The molecule has 10 heteroatoms. The van der Waals surface area contributed by atoms with E-state index in [0.717, 1.165) is 26.3 Å². The van der Waals surface area contributed by atoms with Gasteiger partial charge in [-0.05, 0) is 29.8 Å². The van der Waals surface area contributed by atoms with E-state index in [2.05, 4.69) is 43.0 Å². The molecule has 6 nitrogen and oxygen atoms in total. The quantitative estimate of drug-likeness (QED) is 0.191. The van der Waals surface area contributed by atoms with E-state index >= 15 is 0 Å². The van der Waals surface area contributed by atoms with Crippen LogP contribution in [-0.2, 0) is 17.8 Å². The molecule has 0 bridgehead atoms. The van der Waals surface area contributed by atoms with Gasteiger partial charge in [0.05, 0.1) is 5.75 Å². The average Bonchev–Trinajstić information content (AvgIpc) is 3.40. The highest BCUT2D eigenvalue weighted by Gasteiger charge is 2.16. The second-order valence-electron chi connectivity index (χ2n) is 6.99. The SMILES string of the molecule is C=CCn1c(SCC(=O)Nc2ncc(Cc3cccc(Cl)c3)s2)nnc1-c1ccc(Br)cc1. The van der Waals surface area contributed by atoms with E-state index in [0.29, 0.717) is 28.3 Å². The molecule has 2 aromatic carbocycles. The van der Waals surface area contributed by atoms with E-state index in [1.807, 2.05) is 53.1 Å². The Morgan fingerprint density at radius 3 is 2.82 bits per heavy atom. The van der Waals surface area contributed by atoms with Crippen molar-refractivity contribution in [2.45, 2.75) is 18.1 Å². The molecule has 2 heterocycles. The minimum absolute atomic E-state index is 0.151. The van der Waals surface area contributed by atoms with Crippen molar-refractivity contribution in [2.75, 3.05) is 11.1 Å². The number of aromatic nitrogens is 4. The molecule has 0 radical (unpaired) electrons. The first-order valence-electron chi connectivity index (χ1n) is 9.93. The van der Waals surface area contributed by atoms with Gasteiger partial charge in [0.2, 0.25) is 5.91 Å². The van der Waals surface area contributed by atoms with Crippen LogP contribution in [0.15, 0.2) is 77.0 Å². The van der Waals surface area contributed by atoms with Crippen LogP contribution in [0.2, 0.25) is 5.02 Å². The van der Waals surface area contributed by atoms with Gasteiger partial charge >= 0.3 is 0 Å². The molecular weight excluding hydrogens is 542 g/mol. The summed E-state index contributed by atoms with van der Waals surface area (Å²) in [6, 6.07) is 15.6. The van der Waals surface area contributed by atoms with E-state index in [4.69, 9.17) is 11.6 Å². The number of anilines is 1. The van der Waals surface area contributed by atoms with E-state index in [9.17, 15) is 4.79 Å². The van der Waals surface area contributed by atoms with Crippen LogP contribution in [0.1, 0.15) is 10.4 Å². The van der Waals surface area contributed by atoms with E-state index in [-0.39, 0.29) is 11.7 Å². The lowest BCUT2D eigenvalue weighted by Gasteiger charge is -2.08. The van der Waals surface area contributed by atoms with Gasteiger partial charge in [0.1, 0.15) is 0 Å². The summed E-state index contributed by atoms with van der Waals surface area (Å²) >= 11 is 12.3. The maximum absolute atomic E-state index is 12.5. The predicted octanol–water partition coefficient (Wildman–Crippen LogP) is 6.33. The van der Waals surface area contributed by atoms with Gasteiger partial charge < -0.3 is 5.32 Å². The smallest absolute Gasteiger partial charge is 0.236 e. The maximum Gasteiger partial charge on any atom is 0.236 e. The Morgan fingerprint density at radius 1 is 1.24 bits per heavy atom. The van der Waals surface area contributed by atoms with Crippen LogP contribution >= 0.6 is 50.6 Å². The Kier molecular flexibility index (Phi) is 7.97. The van der Waals surface area contributed by atoms with Gasteiger partial charge in [-0.3, -0.25) is 9.36 Å². The molecule has 0 fully saturated rings. The number of hydrogen-bond donors (Lipinski definition) is 1. The Balaban J connectivity index is 1.37. The minimum atomic E-state index is -0.151. The lowest BCUT2D eigenvalue weighted by atomic mass is 10.1. The van der Waals surface area contributed by atoms with Crippen molar-refractivity contribution in [3.8, 4) is 11.4 Å². The Morgan fingerprint density at radius 2 is 2.06 bits per heavy atom.